The maximum atomic E-state index is 12.0. The third kappa shape index (κ3) is 3.06. The van der Waals surface area contributed by atoms with E-state index in [0.717, 1.165) is 37.1 Å². The molecule has 0 aliphatic carbocycles. The highest BCUT2D eigenvalue weighted by atomic mass is 32.1. The second-order valence-corrected chi connectivity index (χ2v) is 5.80. The van der Waals surface area contributed by atoms with Crippen LogP contribution in [0.2, 0.25) is 0 Å². The number of hydrogen-bond donors (Lipinski definition) is 0. The van der Waals surface area contributed by atoms with Gasteiger partial charge in [-0.1, -0.05) is 0 Å². The van der Waals surface area contributed by atoms with E-state index in [9.17, 15) is 4.79 Å². The fourth-order valence-electron chi connectivity index (χ4n) is 1.87. The zero-order valence-electron chi connectivity index (χ0n) is 11.6. The van der Waals surface area contributed by atoms with Gasteiger partial charge in [-0.15, -0.1) is 11.3 Å². The second kappa shape index (κ2) is 5.88. The summed E-state index contributed by atoms with van der Waals surface area (Å²) in [6.07, 6.45) is 0. The molecule has 1 aromatic heterocycles. The standard InChI is InChI=1S/C13H20N2O3S/c1-4-18-11(16)13(2,3)10-9-19-12(14-10)15-5-7-17-8-6-15/h9H,4-8H2,1-3H3. The summed E-state index contributed by atoms with van der Waals surface area (Å²) in [5.74, 6) is -0.228. The second-order valence-electron chi connectivity index (χ2n) is 4.96. The molecule has 106 valence electrons. The minimum atomic E-state index is -0.697. The molecule has 0 bridgehead atoms. The number of esters is 1. The molecule has 1 saturated heterocycles. The van der Waals surface area contributed by atoms with Gasteiger partial charge in [-0.3, -0.25) is 4.79 Å². The van der Waals surface area contributed by atoms with Gasteiger partial charge in [0.05, 0.1) is 25.5 Å². The Hall–Kier alpha value is -1.14. The minimum absolute atomic E-state index is 0.228. The van der Waals surface area contributed by atoms with Gasteiger partial charge in [0.1, 0.15) is 5.41 Å². The summed E-state index contributed by atoms with van der Waals surface area (Å²) in [5, 5.41) is 2.90. The molecule has 0 amide bonds. The normalized spacial score (nSPS) is 16.5. The molecule has 0 radical (unpaired) electrons. The van der Waals surface area contributed by atoms with Crippen LogP contribution in [0.3, 0.4) is 0 Å². The van der Waals surface area contributed by atoms with Crippen molar-refractivity contribution >= 4 is 22.4 Å². The number of ether oxygens (including phenoxy) is 2. The van der Waals surface area contributed by atoms with Gasteiger partial charge >= 0.3 is 5.97 Å². The van der Waals surface area contributed by atoms with E-state index in [0.29, 0.717) is 6.61 Å². The Morgan fingerprint density at radius 2 is 2.21 bits per heavy atom. The van der Waals surface area contributed by atoms with Crippen LogP contribution in [0.25, 0.3) is 0 Å². The predicted octanol–water partition coefficient (Wildman–Crippen LogP) is 1.82. The van der Waals surface area contributed by atoms with E-state index >= 15 is 0 Å². The number of hydrogen-bond acceptors (Lipinski definition) is 6. The Bertz CT molecular complexity index is 439. The summed E-state index contributed by atoms with van der Waals surface area (Å²) >= 11 is 1.57. The maximum absolute atomic E-state index is 12.0. The Morgan fingerprint density at radius 3 is 2.84 bits per heavy atom. The number of anilines is 1. The Morgan fingerprint density at radius 1 is 1.53 bits per heavy atom. The summed E-state index contributed by atoms with van der Waals surface area (Å²) in [6, 6.07) is 0. The number of carbonyl (C=O) groups is 1. The van der Waals surface area contributed by atoms with Gasteiger partial charge in [0.2, 0.25) is 0 Å². The van der Waals surface area contributed by atoms with Crippen molar-refractivity contribution in [1.82, 2.24) is 4.98 Å². The number of rotatable bonds is 4. The molecular formula is C13H20N2O3S. The lowest BCUT2D eigenvalue weighted by Gasteiger charge is -2.26. The molecule has 2 heterocycles. The maximum Gasteiger partial charge on any atom is 0.317 e. The van der Waals surface area contributed by atoms with Gasteiger partial charge < -0.3 is 14.4 Å². The summed E-state index contributed by atoms with van der Waals surface area (Å²) < 4.78 is 10.4. The SMILES string of the molecule is CCOC(=O)C(C)(C)c1csc(N2CCOCC2)n1. The molecule has 1 aromatic rings. The van der Waals surface area contributed by atoms with Gasteiger partial charge in [0.25, 0.3) is 0 Å². The highest BCUT2D eigenvalue weighted by Gasteiger charge is 2.34. The van der Waals surface area contributed by atoms with Crippen molar-refractivity contribution in [3.05, 3.63) is 11.1 Å². The fraction of sp³-hybridized carbons (Fsp3) is 0.692. The van der Waals surface area contributed by atoms with Crippen molar-refractivity contribution in [2.75, 3.05) is 37.8 Å². The molecule has 0 N–H and O–H groups in total. The van der Waals surface area contributed by atoms with E-state index in [1.165, 1.54) is 0 Å². The molecule has 1 fully saturated rings. The van der Waals surface area contributed by atoms with Crippen LogP contribution in [0.1, 0.15) is 26.5 Å². The van der Waals surface area contributed by atoms with E-state index in [1.54, 1.807) is 11.3 Å². The first kappa shape index (κ1) is 14.3. The Balaban J connectivity index is 2.13. The summed E-state index contributed by atoms with van der Waals surface area (Å²) in [4.78, 5) is 18.7. The first-order chi connectivity index (χ1) is 9.05. The van der Waals surface area contributed by atoms with Crippen molar-refractivity contribution in [3.63, 3.8) is 0 Å². The molecule has 0 spiro atoms. The van der Waals surface area contributed by atoms with Crippen LogP contribution in [0.5, 0.6) is 0 Å². The molecule has 0 unspecified atom stereocenters. The summed E-state index contributed by atoms with van der Waals surface area (Å²) in [5.41, 5.74) is 0.0780. The number of aromatic nitrogens is 1. The van der Waals surface area contributed by atoms with Crippen LogP contribution in [-0.2, 0) is 19.7 Å². The first-order valence-electron chi connectivity index (χ1n) is 6.51. The topological polar surface area (TPSA) is 51.7 Å². The lowest BCUT2D eigenvalue weighted by Crippen LogP contribution is -2.36. The fourth-order valence-corrected chi connectivity index (χ4v) is 2.91. The molecule has 19 heavy (non-hydrogen) atoms. The minimum Gasteiger partial charge on any atom is -0.465 e. The third-order valence-electron chi connectivity index (χ3n) is 3.20. The molecule has 1 aliphatic heterocycles. The van der Waals surface area contributed by atoms with Gasteiger partial charge in [-0.2, -0.15) is 0 Å². The quantitative estimate of drug-likeness (QED) is 0.789. The molecule has 0 atom stereocenters. The van der Waals surface area contributed by atoms with E-state index in [2.05, 4.69) is 9.88 Å². The summed E-state index contributed by atoms with van der Waals surface area (Å²) in [6.45, 7) is 9.08. The van der Waals surface area contributed by atoms with Gasteiger partial charge in [-0.05, 0) is 20.8 Å². The number of nitrogens with zero attached hydrogens (tertiary/aromatic N) is 2. The molecule has 1 aliphatic rings. The third-order valence-corrected chi connectivity index (χ3v) is 4.10. The van der Waals surface area contributed by atoms with E-state index in [-0.39, 0.29) is 5.97 Å². The van der Waals surface area contributed by atoms with Gasteiger partial charge in [-0.25, -0.2) is 4.98 Å². The van der Waals surface area contributed by atoms with Crippen molar-refractivity contribution < 1.29 is 14.3 Å². The van der Waals surface area contributed by atoms with Crippen LogP contribution in [0, 0.1) is 0 Å². The van der Waals surface area contributed by atoms with Gasteiger partial charge in [0, 0.05) is 18.5 Å². The van der Waals surface area contributed by atoms with Crippen LogP contribution in [0.4, 0.5) is 5.13 Å². The lowest BCUT2D eigenvalue weighted by atomic mass is 9.90. The van der Waals surface area contributed by atoms with Crippen molar-refractivity contribution in [3.8, 4) is 0 Å². The van der Waals surface area contributed by atoms with Crippen LogP contribution >= 0.6 is 11.3 Å². The molecular weight excluding hydrogens is 264 g/mol. The van der Waals surface area contributed by atoms with Crippen molar-refractivity contribution in [2.45, 2.75) is 26.2 Å². The number of thiazole rings is 1. The monoisotopic (exact) mass is 284 g/mol. The molecule has 2 rings (SSSR count). The average Bonchev–Trinajstić information content (AvgIpc) is 2.90. The van der Waals surface area contributed by atoms with Crippen LogP contribution in [-0.4, -0.2) is 43.9 Å². The zero-order valence-corrected chi connectivity index (χ0v) is 12.5. The van der Waals surface area contributed by atoms with Crippen LogP contribution < -0.4 is 4.90 Å². The van der Waals surface area contributed by atoms with Crippen LogP contribution in [0.15, 0.2) is 5.38 Å². The number of morpholine rings is 1. The Kier molecular flexibility index (Phi) is 4.42. The Labute approximate surface area is 117 Å². The summed E-state index contributed by atoms with van der Waals surface area (Å²) in [7, 11) is 0. The highest BCUT2D eigenvalue weighted by molar-refractivity contribution is 7.13. The highest BCUT2D eigenvalue weighted by Crippen LogP contribution is 2.30. The molecule has 5 nitrogen and oxygen atoms in total. The molecule has 0 aromatic carbocycles. The first-order valence-corrected chi connectivity index (χ1v) is 7.39. The number of carbonyl (C=O) groups excluding carboxylic acids is 1. The van der Waals surface area contributed by atoms with Gasteiger partial charge in [0.15, 0.2) is 5.13 Å². The smallest absolute Gasteiger partial charge is 0.317 e. The van der Waals surface area contributed by atoms with Crippen molar-refractivity contribution in [2.24, 2.45) is 0 Å². The van der Waals surface area contributed by atoms with E-state index in [4.69, 9.17) is 9.47 Å². The van der Waals surface area contributed by atoms with E-state index in [1.807, 2.05) is 26.2 Å². The lowest BCUT2D eigenvalue weighted by molar-refractivity contribution is -0.148. The van der Waals surface area contributed by atoms with E-state index < -0.39 is 5.41 Å². The molecule has 6 heteroatoms. The molecule has 0 saturated carbocycles. The predicted molar refractivity (Wildman–Crippen MR) is 74.8 cm³/mol. The average molecular weight is 284 g/mol. The van der Waals surface area contributed by atoms with Crippen molar-refractivity contribution in [1.29, 1.82) is 0 Å². The zero-order chi connectivity index (χ0) is 13.9. The largest absolute Gasteiger partial charge is 0.465 e.